The molecule has 30 atom stereocenters. The van der Waals surface area contributed by atoms with Gasteiger partial charge in [-0.1, -0.05) is 53.2 Å². The van der Waals surface area contributed by atoms with E-state index in [1.165, 1.54) is 12.5 Å². The highest BCUT2D eigenvalue weighted by molar-refractivity contribution is 5.73. The number of carboxylic acids is 1. The van der Waals surface area contributed by atoms with E-state index in [1.807, 2.05) is 13.8 Å². The molecule has 0 radical (unpaired) electrons. The number of aliphatic carboxylic acids is 1. The van der Waals surface area contributed by atoms with Crippen molar-refractivity contribution in [1.29, 1.82) is 0 Å². The normalized spacial score (nSPS) is 57.1. The van der Waals surface area contributed by atoms with Crippen LogP contribution in [0.1, 0.15) is 99.8 Å². The summed E-state index contributed by atoms with van der Waals surface area (Å²) in [5, 5.41) is 153. The van der Waals surface area contributed by atoms with Gasteiger partial charge in [0.25, 0.3) is 0 Å². The molecule has 430 valence electrons. The molecule has 5 aliphatic carbocycles. The summed E-state index contributed by atoms with van der Waals surface area (Å²) in [6, 6.07) is 0. The Kier molecular flexibility index (Phi) is 16.0. The van der Waals surface area contributed by atoms with Crippen LogP contribution in [0.15, 0.2) is 11.6 Å². The van der Waals surface area contributed by atoms with Crippen LogP contribution in [0.5, 0.6) is 0 Å². The first-order valence-corrected chi connectivity index (χ1v) is 26.9. The van der Waals surface area contributed by atoms with Crippen molar-refractivity contribution in [2.45, 2.75) is 229 Å². The number of aliphatic hydroxyl groups excluding tert-OH is 13. The number of hydrogen-bond donors (Lipinski definition) is 14. The van der Waals surface area contributed by atoms with Crippen molar-refractivity contribution >= 4 is 5.97 Å². The summed E-state index contributed by atoms with van der Waals surface area (Å²) < 4.78 is 48.3. The summed E-state index contributed by atoms with van der Waals surface area (Å²) in [6.45, 7) is 12.7. The Balaban J connectivity index is 0.979. The van der Waals surface area contributed by atoms with E-state index in [0.29, 0.717) is 44.9 Å². The highest BCUT2D eigenvalue weighted by Crippen LogP contribution is 2.76. The van der Waals surface area contributed by atoms with E-state index in [-0.39, 0.29) is 48.4 Å². The van der Waals surface area contributed by atoms with Crippen LogP contribution >= 0.6 is 0 Å². The van der Waals surface area contributed by atoms with Crippen LogP contribution in [0.3, 0.4) is 0 Å². The molecule has 0 amide bonds. The minimum Gasteiger partial charge on any atom is -0.479 e. The number of aliphatic hydroxyl groups is 13. The van der Waals surface area contributed by atoms with Crippen molar-refractivity contribution in [3.05, 3.63) is 11.6 Å². The van der Waals surface area contributed by atoms with Gasteiger partial charge >= 0.3 is 5.97 Å². The van der Waals surface area contributed by atoms with Crippen LogP contribution in [-0.4, -0.2) is 233 Å². The van der Waals surface area contributed by atoms with Crippen molar-refractivity contribution < 1.29 is 114 Å². The quantitative estimate of drug-likeness (QED) is 0.0768. The fraction of sp³-hybridized carbons (Fsp3) is 0.942. The topological polar surface area (TPSA) is 374 Å². The summed E-state index contributed by atoms with van der Waals surface area (Å²) in [5.41, 5.74) is -2.58. The van der Waals surface area contributed by atoms with E-state index < -0.39 is 163 Å². The van der Waals surface area contributed by atoms with E-state index >= 15 is 0 Å². The lowest BCUT2D eigenvalue weighted by Gasteiger charge is -2.72. The summed E-state index contributed by atoms with van der Waals surface area (Å²) in [7, 11) is 0. The molecular formula is C52H84O23. The number of hydrogen-bond acceptors (Lipinski definition) is 22. The predicted molar refractivity (Wildman–Crippen MR) is 254 cm³/mol. The lowest BCUT2D eigenvalue weighted by Crippen LogP contribution is -2.69. The molecule has 0 aromatic rings. The van der Waals surface area contributed by atoms with Crippen LogP contribution in [0, 0.1) is 50.2 Å². The van der Waals surface area contributed by atoms with Crippen LogP contribution in [0.4, 0.5) is 0 Å². The molecule has 4 aliphatic heterocycles. The molecule has 0 unspecified atom stereocenters. The maximum Gasteiger partial charge on any atom is 0.335 e. The first-order chi connectivity index (χ1) is 35.1. The Labute approximate surface area is 436 Å². The van der Waals surface area contributed by atoms with E-state index in [4.69, 9.17) is 37.9 Å². The zero-order valence-electron chi connectivity index (χ0n) is 43.9. The third-order valence-corrected chi connectivity index (χ3v) is 21.3. The Morgan fingerprint density at radius 2 is 1.24 bits per heavy atom. The Bertz CT molecular complexity index is 2090. The van der Waals surface area contributed by atoms with Crippen LogP contribution in [0.25, 0.3) is 0 Å². The van der Waals surface area contributed by atoms with Gasteiger partial charge in [-0.25, -0.2) is 4.79 Å². The van der Waals surface area contributed by atoms with Gasteiger partial charge < -0.3 is 109 Å². The molecule has 0 spiro atoms. The number of carboxylic acid groups (broad SMARTS) is 1. The number of fused-ring (bicyclic) bond motifs is 7. The van der Waals surface area contributed by atoms with Crippen molar-refractivity contribution in [2.24, 2.45) is 50.2 Å². The number of allylic oxidation sites excluding steroid dienone is 2. The monoisotopic (exact) mass is 1080 g/mol. The second-order valence-electron chi connectivity index (χ2n) is 25.3. The average Bonchev–Trinajstić information content (AvgIpc) is 3.37. The van der Waals surface area contributed by atoms with E-state index in [0.717, 1.165) is 6.42 Å². The van der Waals surface area contributed by atoms with Gasteiger partial charge in [-0.3, -0.25) is 0 Å². The third-order valence-electron chi connectivity index (χ3n) is 21.3. The fourth-order valence-corrected chi connectivity index (χ4v) is 16.1. The average molecular weight is 1080 g/mol. The molecule has 9 aliphatic rings. The van der Waals surface area contributed by atoms with Gasteiger partial charge in [-0.2, -0.15) is 0 Å². The van der Waals surface area contributed by atoms with Gasteiger partial charge in [-0.05, 0) is 92.3 Å². The smallest absolute Gasteiger partial charge is 0.335 e. The summed E-state index contributed by atoms with van der Waals surface area (Å²) in [4.78, 5) is 12.5. The lowest BCUT2D eigenvalue weighted by molar-refractivity contribution is -0.387. The predicted octanol–water partition coefficient (Wildman–Crippen LogP) is -2.25. The zero-order valence-corrected chi connectivity index (χ0v) is 43.9. The second kappa shape index (κ2) is 20.7. The van der Waals surface area contributed by atoms with Gasteiger partial charge in [0.15, 0.2) is 31.3 Å². The molecular weight excluding hydrogens is 993 g/mol. The molecule has 8 fully saturated rings. The van der Waals surface area contributed by atoms with Gasteiger partial charge in [0.2, 0.25) is 0 Å². The molecule has 23 heteroatoms. The summed E-state index contributed by atoms with van der Waals surface area (Å²) >= 11 is 0. The van der Waals surface area contributed by atoms with Crippen molar-refractivity contribution in [3.63, 3.8) is 0 Å². The van der Waals surface area contributed by atoms with E-state index in [2.05, 4.69) is 33.8 Å². The fourth-order valence-electron chi connectivity index (χ4n) is 16.1. The Hall–Kier alpha value is -1.63. The molecule has 0 bridgehead atoms. The van der Waals surface area contributed by atoms with Crippen molar-refractivity contribution in [2.75, 3.05) is 26.4 Å². The van der Waals surface area contributed by atoms with E-state index in [9.17, 15) is 76.3 Å². The van der Waals surface area contributed by atoms with E-state index in [1.54, 1.807) is 0 Å². The first-order valence-electron chi connectivity index (χ1n) is 26.9. The molecule has 4 saturated carbocycles. The van der Waals surface area contributed by atoms with Crippen LogP contribution in [-0.2, 0) is 42.7 Å². The van der Waals surface area contributed by atoms with Crippen LogP contribution < -0.4 is 0 Å². The third kappa shape index (κ3) is 9.11. The maximum atomic E-state index is 12.5. The van der Waals surface area contributed by atoms with Crippen molar-refractivity contribution in [3.8, 4) is 0 Å². The molecule has 75 heavy (non-hydrogen) atoms. The lowest BCUT2D eigenvalue weighted by atomic mass is 9.33. The molecule has 23 nitrogen and oxygen atoms in total. The standard InChI is InChI=1S/C52H84O23/c1-21-29(57)32(60)36(64)44(70-21)73-38-31(59)25(56)18-69-45(38)74-39-34(62)33(61)37(42(66)67)72-46(39)71-28-11-12-49(4)26(50(28,5)20-54)10-13-52(7)27(49)9-8-22-23-16-47(2,19-53)40(65)41(48(23,3)14-15-51(22,52)6)75-43-35(63)30(58)24(55)17-68-43/h8,21,23-41,43-46,53-65H,9-20H2,1-7H3,(H,66,67)/t21-,23-,24+,25+,26+,27+,28-,29-,30-,31+,32+,33-,34-,35+,36+,37-,38-,39+,40-,41+,43-,44-,45-,46+,47+,48+,49-,50+,51+,52+/m0/s1. The van der Waals surface area contributed by atoms with Crippen LogP contribution in [0.2, 0.25) is 0 Å². The van der Waals surface area contributed by atoms with Gasteiger partial charge in [-0.15, -0.1) is 0 Å². The van der Waals surface area contributed by atoms with Gasteiger partial charge in [0.05, 0.1) is 50.8 Å². The molecule has 4 heterocycles. The molecule has 0 aromatic heterocycles. The molecule has 9 rings (SSSR count). The van der Waals surface area contributed by atoms with Gasteiger partial charge in [0.1, 0.15) is 73.2 Å². The summed E-state index contributed by atoms with van der Waals surface area (Å²) in [5.74, 6) is -1.89. The number of ether oxygens (including phenoxy) is 8. The zero-order chi connectivity index (χ0) is 54.9. The Morgan fingerprint density at radius 1 is 0.613 bits per heavy atom. The molecule has 14 N–H and O–H groups in total. The number of carbonyl (C=O) groups is 1. The molecule has 4 saturated heterocycles. The first kappa shape index (κ1) is 58.0. The molecule has 0 aromatic carbocycles. The van der Waals surface area contributed by atoms with Gasteiger partial charge in [0, 0.05) is 16.2 Å². The Morgan fingerprint density at radius 3 is 1.89 bits per heavy atom. The highest BCUT2D eigenvalue weighted by Gasteiger charge is 2.71. The maximum absolute atomic E-state index is 12.5. The summed E-state index contributed by atoms with van der Waals surface area (Å²) in [6.07, 6.45) is -25.7. The van der Waals surface area contributed by atoms with Crippen molar-refractivity contribution in [1.82, 2.24) is 0 Å². The number of rotatable bonds is 11. The SMILES string of the molecule is C[C@@H]1O[C@@H](O[C@@H]2[C@H](O[C@H]3[C@H](O[C@H]4CC[C@@]5(C)[C@@H](CC[C@]6(C)[C@@H]5CC=C5[C@@H]7C[C@](C)(CO)[C@@H](O)[C@@H](O[C@@H]8OC[C@@H](O)[C@H](O)[C@H]8O)[C@]7(C)CC[C@]56C)[C@@]4(C)CO)O[C@H](C(=O)O)[C@@H](O)[C@@H]3O)OC[C@@H](O)[C@H]2O)[C@H](O)[C@H](O)[C@H]1O. The largest absolute Gasteiger partial charge is 0.479 e. The minimum atomic E-state index is -2.07. The minimum absolute atomic E-state index is 0.0781. The second-order valence-corrected chi connectivity index (χ2v) is 25.3. The highest BCUT2D eigenvalue weighted by atomic mass is 16.8.